The van der Waals surface area contributed by atoms with Gasteiger partial charge in [-0.05, 0) is 40.8 Å². The van der Waals surface area contributed by atoms with Gasteiger partial charge < -0.3 is 9.73 Å². The van der Waals surface area contributed by atoms with Crippen LogP contribution in [0.15, 0.2) is 15.0 Å². The molecule has 2 aromatic rings. The maximum Gasteiger partial charge on any atom is 0.154 e. The lowest BCUT2D eigenvalue weighted by atomic mass is 9.99. The van der Waals surface area contributed by atoms with E-state index in [4.69, 9.17) is 27.6 Å². The second kappa shape index (κ2) is 5.53. The third kappa shape index (κ3) is 2.61. The predicted molar refractivity (Wildman–Crippen MR) is 87.9 cm³/mol. The molecule has 0 radical (unpaired) electrons. The number of hydrogen-bond acceptors (Lipinski definition) is 2. The van der Waals surface area contributed by atoms with E-state index >= 15 is 0 Å². The molecule has 1 fully saturated rings. The van der Waals surface area contributed by atoms with E-state index in [9.17, 15) is 0 Å². The third-order valence-corrected chi connectivity index (χ3v) is 5.15. The molecule has 1 N–H and O–H groups in total. The van der Waals surface area contributed by atoms with Crippen LogP contribution in [0.2, 0.25) is 10.0 Å². The Hall–Kier alpha value is -0.220. The fourth-order valence-electron chi connectivity index (χ4n) is 2.50. The highest BCUT2D eigenvalue weighted by Crippen LogP contribution is 2.43. The van der Waals surface area contributed by atoms with Gasteiger partial charge >= 0.3 is 0 Å². The number of rotatable bonds is 4. The molecule has 1 heterocycles. The van der Waals surface area contributed by atoms with Gasteiger partial charge in [0.25, 0.3) is 0 Å². The first-order valence-electron chi connectivity index (χ1n) is 6.81. The zero-order valence-corrected chi connectivity index (χ0v) is 14.5. The minimum absolute atomic E-state index is 0.329. The summed E-state index contributed by atoms with van der Waals surface area (Å²) in [5.74, 6) is 1.28. The molecule has 1 aromatic heterocycles. The molecule has 3 rings (SSSR count). The van der Waals surface area contributed by atoms with Crippen LogP contribution in [-0.4, -0.2) is 6.04 Å². The molecular formula is C15H16BrCl2NO. The molecule has 0 atom stereocenters. The van der Waals surface area contributed by atoms with E-state index in [1.165, 1.54) is 12.8 Å². The van der Waals surface area contributed by atoms with Crippen LogP contribution in [0.25, 0.3) is 11.0 Å². The smallest absolute Gasteiger partial charge is 0.154 e. The molecule has 1 aliphatic rings. The van der Waals surface area contributed by atoms with Crippen molar-refractivity contribution in [2.24, 2.45) is 0 Å². The van der Waals surface area contributed by atoms with Gasteiger partial charge in [0.15, 0.2) is 5.58 Å². The van der Waals surface area contributed by atoms with Crippen LogP contribution in [0.4, 0.5) is 0 Å². The molecule has 0 amide bonds. The van der Waals surface area contributed by atoms with Gasteiger partial charge in [0.1, 0.15) is 5.76 Å². The zero-order chi connectivity index (χ0) is 14.4. The minimum Gasteiger partial charge on any atom is -0.458 e. The minimum atomic E-state index is 0.329. The molecule has 0 aliphatic heterocycles. The van der Waals surface area contributed by atoms with Gasteiger partial charge in [-0.3, -0.25) is 0 Å². The van der Waals surface area contributed by atoms with Crippen molar-refractivity contribution >= 4 is 50.1 Å². The molecule has 0 bridgehead atoms. The summed E-state index contributed by atoms with van der Waals surface area (Å²) >= 11 is 16.2. The van der Waals surface area contributed by atoms with Crippen molar-refractivity contribution in [3.63, 3.8) is 0 Å². The Morgan fingerprint density at radius 2 is 2.10 bits per heavy atom. The van der Waals surface area contributed by atoms with Crippen LogP contribution in [0.5, 0.6) is 0 Å². The average Bonchev–Trinajstić information content (AvgIpc) is 3.12. The molecule has 20 heavy (non-hydrogen) atoms. The highest BCUT2D eigenvalue weighted by atomic mass is 79.9. The van der Waals surface area contributed by atoms with E-state index in [1.54, 1.807) is 6.07 Å². The highest BCUT2D eigenvalue weighted by Gasteiger charge is 2.25. The molecule has 2 nitrogen and oxygen atoms in total. The Labute approximate surface area is 136 Å². The summed E-state index contributed by atoms with van der Waals surface area (Å²) in [6.45, 7) is 5.03. The fourth-order valence-corrected chi connectivity index (χ4v) is 3.55. The van der Waals surface area contributed by atoms with Gasteiger partial charge in [0.2, 0.25) is 0 Å². The molecule has 1 aromatic carbocycles. The number of furan rings is 1. The Balaban J connectivity index is 2.16. The van der Waals surface area contributed by atoms with Gasteiger partial charge in [-0.15, -0.1) is 0 Å². The molecule has 0 spiro atoms. The Morgan fingerprint density at radius 3 is 2.70 bits per heavy atom. The van der Waals surface area contributed by atoms with Crippen LogP contribution in [-0.2, 0) is 6.54 Å². The number of hydrogen-bond donors (Lipinski definition) is 1. The van der Waals surface area contributed by atoms with Crippen molar-refractivity contribution in [1.82, 2.24) is 5.32 Å². The normalized spacial score (nSPS) is 15.5. The summed E-state index contributed by atoms with van der Waals surface area (Å²) in [4.78, 5) is 0. The van der Waals surface area contributed by atoms with E-state index in [1.807, 2.05) is 0 Å². The van der Waals surface area contributed by atoms with Gasteiger partial charge in [-0.25, -0.2) is 0 Å². The Kier molecular flexibility index (Phi) is 4.06. The lowest BCUT2D eigenvalue weighted by molar-refractivity contribution is 0.503. The lowest BCUT2D eigenvalue weighted by Crippen LogP contribution is -2.15. The van der Waals surface area contributed by atoms with E-state index in [0.29, 0.717) is 27.6 Å². The van der Waals surface area contributed by atoms with Crippen LogP contribution in [0, 0.1) is 0 Å². The zero-order valence-electron chi connectivity index (χ0n) is 11.4. The topological polar surface area (TPSA) is 25.2 Å². The van der Waals surface area contributed by atoms with Crippen LogP contribution < -0.4 is 5.32 Å². The third-order valence-electron chi connectivity index (χ3n) is 3.63. The van der Waals surface area contributed by atoms with Crippen molar-refractivity contribution in [1.29, 1.82) is 0 Å². The maximum absolute atomic E-state index is 6.45. The highest BCUT2D eigenvalue weighted by molar-refractivity contribution is 9.10. The van der Waals surface area contributed by atoms with Gasteiger partial charge in [0.05, 0.1) is 16.6 Å². The number of benzene rings is 1. The van der Waals surface area contributed by atoms with E-state index < -0.39 is 0 Å². The largest absolute Gasteiger partial charge is 0.458 e. The monoisotopic (exact) mass is 375 g/mol. The van der Waals surface area contributed by atoms with E-state index in [2.05, 4.69) is 35.1 Å². The average molecular weight is 377 g/mol. The second-order valence-electron chi connectivity index (χ2n) is 5.61. The van der Waals surface area contributed by atoms with Crippen LogP contribution >= 0.6 is 39.1 Å². The Bertz CT molecular complexity index is 662. The summed E-state index contributed by atoms with van der Waals surface area (Å²) in [7, 11) is 0. The molecular weight excluding hydrogens is 361 g/mol. The van der Waals surface area contributed by atoms with Crippen LogP contribution in [0.3, 0.4) is 0 Å². The molecule has 0 unspecified atom stereocenters. The van der Waals surface area contributed by atoms with E-state index in [-0.39, 0.29) is 0 Å². The van der Waals surface area contributed by atoms with Gasteiger partial charge in [0, 0.05) is 21.5 Å². The standard InChI is InChI=1S/C15H16BrCl2NO/c1-7(2)12-11(6-19-8-3-4-8)20-15-10(17)5-9(16)14(18)13(12)15/h5,7-8,19H,3-4,6H2,1-2H3. The summed E-state index contributed by atoms with van der Waals surface area (Å²) in [5.41, 5.74) is 1.84. The lowest BCUT2D eigenvalue weighted by Gasteiger charge is -2.08. The summed E-state index contributed by atoms with van der Waals surface area (Å²) in [5, 5.41) is 5.70. The second-order valence-corrected chi connectivity index (χ2v) is 7.25. The molecule has 1 aliphatic carbocycles. The SMILES string of the molecule is CC(C)c1c(CNC2CC2)oc2c(Cl)cc(Br)c(Cl)c12. The fraction of sp³-hybridized carbons (Fsp3) is 0.467. The number of nitrogens with one attached hydrogen (secondary N) is 1. The van der Waals surface area contributed by atoms with Gasteiger partial charge in [-0.2, -0.15) is 0 Å². The van der Waals surface area contributed by atoms with E-state index in [0.717, 1.165) is 27.7 Å². The molecule has 108 valence electrons. The summed E-state index contributed by atoms with van der Waals surface area (Å²) in [6, 6.07) is 2.43. The predicted octanol–water partition coefficient (Wildman–Crippen LogP) is 5.88. The number of fused-ring (bicyclic) bond motifs is 1. The first kappa shape index (κ1) is 14.7. The van der Waals surface area contributed by atoms with Gasteiger partial charge in [-0.1, -0.05) is 37.0 Å². The summed E-state index contributed by atoms with van der Waals surface area (Å²) < 4.78 is 6.81. The maximum atomic E-state index is 6.45. The molecule has 5 heteroatoms. The van der Waals surface area contributed by atoms with Crippen molar-refractivity contribution in [3.05, 3.63) is 31.9 Å². The molecule has 0 saturated heterocycles. The Morgan fingerprint density at radius 1 is 1.40 bits per heavy atom. The van der Waals surface area contributed by atoms with Crippen molar-refractivity contribution < 1.29 is 4.42 Å². The van der Waals surface area contributed by atoms with Crippen molar-refractivity contribution in [2.75, 3.05) is 0 Å². The van der Waals surface area contributed by atoms with Crippen LogP contribution in [0.1, 0.15) is 43.9 Å². The van der Waals surface area contributed by atoms with Crippen molar-refractivity contribution in [2.45, 2.75) is 45.2 Å². The van der Waals surface area contributed by atoms with Crippen molar-refractivity contribution in [3.8, 4) is 0 Å². The quantitative estimate of drug-likeness (QED) is 0.674. The first-order chi connectivity index (χ1) is 9.49. The molecule has 1 saturated carbocycles. The number of halogens is 3. The first-order valence-corrected chi connectivity index (χ1v) is 8.36. The summed E-state index contributed by atoms with van der Waals surface area (Å²) in [6.07, 6.45) is 2.51.